The Morgan fingerprint density at radius 1 is 1.13 bits per heavy atom. The van der Waals surface area contributed by atoms with Gasteiger partial charge in [0.25, 0.3) is 0 Å². The van der Waals surface area contributed by atoms with E-state index in [1.54, 1.807) is 23.2 Å². The van der Waals surface area contributed by atoms with Gasteiger partial charge in [-0.15, -0.1) is 11.3 Å². The average molecular weight is 686 g/mol. The highest BCUT2D eigenvalue weighted by atomic mass is 35.5. The number of fused-ring (bicyclic) bond motifs is 2. The number of aromatic nitrogens is 1. The van der Waals surface area contributed by atoms with Gasteiger partial charge in [-0.3, -0.25) is 9.88 Å². The van der Waals surface area contributed by atoms with Gasteiger partial charge in [-0.25, -0.2) is 9.59 Å². The summed E-state index contributed by atoms with van der Waals surface area (Å²) in [7, 11) is -0.556. The number of amides is 1. The lowest BCUT2D eigenvalue weighted by Crippen LogP contribution is -2.52. The lowest BCUT2D eigenvalue weighted by molar-refractivity contribution is -0.152. The van der Waals surface area contributed by atoms with Crippen molar-refractivity contribution in [2.75, 3.05) is 25.1 Å². The van der Waals surface area contributed by atoms with Gasteiger partial charge in [-0.2, -0.15) is 0 Å². The van der Waals surface area contributed by atoms with Crippen LogP contribution in [0, 0.1) is 0 Å². The maximum Gasteiger partial charge on any atom is 0.411 e. The topological polar surface area (TPSA) is 81.2 Å². The summed E-state index contributed by atoms with van der Waals surface area (Å²) in [5, 5.41) is 0.805. The number of halogens is 1. The maximum absolute atomic E-state index is 13.5. The highest BCUT2D eigenvalue weighted by Crippen LogP contribution is 2.47. The summed E-state index contributed by atoms with van der Waals surface area (Å²) in [6.07, 6.45) is 3.58. The fourth-order valence-electron chi connectivity index (χ4n) is 6.31. The highest BCUT2D eigenvalue weighted by Gasteiger charge is 2.54. The van der Waals surface area contributed by atoms with Crippen molar-refractivity contribution in [1.29, 1.82) is 0 Å². The standard InChI is InChI=1S/C35H48ClN3O5SSi/c1-33(2,3)44-32(41)39-20-24(19-35(39,7)31(40)42-8)38-15-11-12-22-16-23(36)17-27(29(22)38)26-13-14-37-28-18-25(45-30(26)28)21-43-46(9,10)34(4,5)6/h13-14,16-18,24H,11-12,15,19-21H2,1-10H3. The predicted octanol–water partition coefficient (Wildman–Crippen LogP) is 8.83. The first kappa shape index (κ1) is 34.7. The smallest absolute Gasteiger partial charge is 0.411 e. The normalized spacial score (nSPS) is 20.6. The molecule has 2 aliphatic heterocycles. The molecule has 0 aliphatic carbocycles. The third-order valence-electron chi connectivity index (χ3n) is 9.72. The third kappa shape index (κ3) is 6.68. The fraction of sp³-hybridized carbons (Fsp3) is 0.571. The quantitative estimate of drug-likeness (QED) is 0.189. The summed E-state index contributed by atoms with van der Waals surface area (Å²) in [4.78, 5) is 36.5. The van der Waals surface area contributed by atoms with Crippen LogP contribution in [0.25, 0.3) is 21.3 Å². The van der Waals surface area contributed by atoms with E-state index in [1.807, 2.05) is 33.0 Å². The molecule has 0 radical (unpaired) electrons. The Bertz CT molecular complexity index is 1650. The van der Waals surface area contributed by atoms with Crippen LogP contribution in [0.15, 0.2) is 30.5 Å². The van der Waals surface area contributed by atoms with Crippen molar-refractivity contribution < 1.29 is 23.5 Å². The minimum atomic E-state index is -1.92. The lowest BCUT2D eigenvalue weighted by Gasteiger charge is -2.38. The number of hydrogen-bond acceptors (Lipinski definition) is 8. The fourth-order valence-corrected chi connectivity index (χ4v) is 8.66. The number of thiophene rings is 1. The van der Waals surface area contributed by atoms with E-state index in [0.29, 0.717) is 24.6 Å². The zero-order valence-corrected chi connectivity index (χ0v) is 31.4. The van der Waals surface area contributed by atoms with Crippen LogP contribution in [-0.2, 0) is 31.7 Å². The molecule has 0 bridgehead atoms. The molecule has 250 valence electrons. The molecule has 0 saturated carbocycles. The Labute approximate surface area is 283 Å². The van der Waals surface area contributed by atoms with Crippen molar-refractivity contribution in [2.45, 2.75) is 110 Å². The molecule has 2 aliphatic rings. The number of rotatable bonds is 6. The number of esters is 1. The Morgan fingerprint density at radius 2 is 1.85 bits per heavy atom. The molecular weight excluding hydrogens is 638 g/mol. The number of hydrogen-bond donors (Lipinski definition) is 0. The number of ether oxygens (including phenoxy) is 2. The molecule has 0 spiro atoms. The average Bonchev–Trinajstić information content (AvgIpc) is 3.55. The molecule has 2 atom stereocenters. The van der Waals surface area contributed by atoms with Crippen LogP contribution in [0.3, 0.4) is 0 Å². The van der Waals surface area contributed by atoms with Gasteiger partial charge < -0.3 is 18.8 Å². The van der Waals surface area contributed by atoms with Crippen LogP contribution in [0.1, 0.15) is 71.7 Å². The Morgan fingerprint density at radius 3 is 2.50 bits per heavy atom. The second-order valence-electron chi connectivity index (χ2n) is 15.3. The van der Waals surface area contributed by atoms with Crippen LogP contribution in [-0.4, -0.2) is 67.6 Å². The molecule has 8 nitrogen and oxygen atoms in total. The largest absolute Gasteiger partial charge is 0.467 e. The Kier molecular flexibility index (Phi) is 9.36. The van der Waals surface area contributed by atoms with Crippen molar-refractivity contribution in [2.24, 2.45) is 0 Å². The Hall–Kier alpha value is -2.66. The van der Waals surface area contributed by atoms with E-state index < -0.39 is 31.5 Å². The number of anilines is 1. The summed E-state index contributed by atoms with van der Waals surface area (Å²) in [5.74, 6) is -0.448. The van der Waals surface area contributed by atoms with Crippen LogP contribution < -0.4 is 4.90 Å². The van der Waals surface area contributed by atoms with Crippen LogP contribution >= 0.6 is 22.9 Å². The molecule has 2 unspecified atom stereocenters. The van der Waals surface area contributed by atoms with Crippen molar-refractivity contribution in [3.05, 3.63) is 45.9 Å². The lowest BCUT2D eigenvalue weighted by atomic mass is 9.91. The van der Waals surface area contributed by atoms with E-state index >= 15 is 0 Å². The molecule has 5 rings (SSSR count). The molecular formula is C35H48ClN3O5SSi. The van der Waals surface area contributed by atoms with Crippen LogP contribution in [0.5, 0.6) is 0 Å². The number of methoxy groups -OCH3 is 1. The minimum Gasteiger partial charge on any atom is -0.467 e. The van der Waals surface area contributed by atoms with E-state index in [1.165, 1.54) is 7.11 Å². The van der Waals surface area contributed by atoms with E-state index in [0.717, 1.165) is 56.9 Å². The van der Waals surface area contributed by atoms with Gasteiger partial charge in [-0.1, -0.05) is 32.4 Å². The van der Waals surface area contributed by atoms with E-state index in [4.69, 9.17) is 30.5 Å². The first-order valence-corrected chi connectivity index (χ1v) is 20.1. The van der Waals surface area contributed by atoms with Crippen LogP contribution in [0.4, 0.5) is 10.5 Å². The summed E-state index contributed by atoms with van der Waals surface area (Å²) < 4.78 is 18.7. The molecule has 3 aromatic rings. The van der Waals surface area contributed by atoms with Crippen molar-refractivity contribution in [3.8, 4) is 11.1 Å². The SMILES string of the molecule is COC(=O)C1(C)CC(N2CCCc3cc(Cl)cc(-c4ccnc5cc(CO[Si](C)(C)C(C)(C)C)sc45)c32)CN1C(=O)OC(C)(C)C. The molecule has 1 amide bonds. The molecule has 11 heteroatoms. The summed E-state index contributed by atoms with van der Waals surface area (Å²) in [6, 6.07) is 8.17. The van der Waals surface area contributed by atoms with E-state index in [-0.39, 0.29) is 11.1 Å². The number of carbonyl (C=O) groups is 2. The number of aryl methyl sites for hydroxylation is 1. The number of pyridine rings is 1. The van der Waals surface area contributed by atoms with Crippen molar-refractivity contribution in [3.63, 3.8) is 0 Å². The van der Waals surface area contributed by atoms with Gasteiger partial charge in [0.15, 0.2) is 8.32 Å². The molecule has 4 heterocycles. The number of benzene rings is 1. The van der Waals surface area contributed by atoms with Gasteiger partial charge in [0.05, 0.1) is 23.9 Å². The number of likely N-dealkylation sites (tertiary alicyclic amines) is 1. The Balaban J connectivity index is 1.55. The summed E-state index contributed by atoms with van der Waals surface area (Å²) in [5.41, 5.74) is 3.42. The van der Waals surface area contributed by atoms with Crippen molar-refractivity contribution >= 4 is 59.2 Å². The van der Waals surface area contributed by atoms with Crippen LogP contribution in [0.2, 0.25) is 23.2 Å². The van der Waals surface area contributed by atoms with Gasteiger partial charge in [0.2, 0.25) is 0 Å². The minimum absolute atomic E-state index is 0.125. The second kappa shape index (κ2) is 12.4. The predicted molar refractivity (Wildman–Crippen MR) is 189 cm³/mol. The zero-order chi connectivity index (χ0) is 33.8. The molecule has 0 N–H and O–H groups in total. The number of carbonyl (C=O) groups excluding carboxylic acids is 2. The molecule has 1 saturated heterocycles. The molecule has 2 aromatic heterocycles. The van der Waals surface area contributed by atoms with Gasteiger partial charge in [0, 0.05) is 58.5 Å². The molecule has 1 aromatic carbocycles. The summed E-state index contributed by atoms with van der Waals surface area (Å²) >= 11 is 8.51. The third-order valence-corrected chi connectivity index (χ3v) is 15.6. The van der Waals surface area contributed by atoms with E-state index in [9.17, 15) is 9.59 Å². The maximum atomic E-state index is 13.5. The van der Waals surface area contributed by atoms with Crippen molar-refractivity contribution in [1.82, 2.24) is 9.88 Å². The molecule has 1 fully saturated rings. The molecule has 46 heavy (non-hydrogen) atoms. The number of nitrogens with zero attached hydrogens (tertiary/aromatic N) is 3. The first-order chi connectivity index (χ1) is 21.3. The highest BCUT2D eigenvalue weighted by molar-refractivity contribution is 7.19. The first-order valence-electron chi connectivity index (χ1n) is 16.0. The van der Waals surface area contributed by atoms with Gasteiger partial charge >= 0.3 is 12.1 Å². The van der Waals surface area contributed by atoms with Gasteiger partial charge in [0.1, 0.15) is 11.1 Å². The van der Waals surface area contributed by atoms with Gasteiger partial charge in [-0.05, 0) is 88.5 Å². The zero-order valence-electron chi connectivity index (χ0n) is 28.9. The summed E-state index contributed by atoms with van der Waals surface area (Å²) in [6.45, 7) is 20.3. The van der Waals surface area contributed by atoms with E-state index in [2.05, 4.69) is 57.0 Å². The second-order valence-corrected chi connectivity index (χ2v) is 21.7. The monoisotopic (exact) mass is 685 g/mol.